The van der Waals surface area contributed by atoms with Gasteiger partial charge >= 0.3 is 0 Å². The van der Waals surface area contributed by atoms with Crippen molar-refractivity contribution in [3.05, 3.63) is 95.0 Å². The van der Waals surface area contributed by atoms with Crippen molar-refractivity contribution in [2.24, 2.45) is 0 Å². The van der Waals surface area contributed by atoms with Crippen LogP contribution in [0.2, 0.25) is 0 Å². The summed E-state index contributed by atoms with van der Waals surface area (Å²) in [6.45, 7) is 0.677. The highest BCUT2D eigenvalue weighted by molar-refractivity contribution is 7.13. The summed E-state index contributed by atoms with van der Waals surface area (Å²) >= 11 is 1.64. The van der Waals surface area contributed by atoms with Crippen molar-refractivity contribution in [2.45, 2.75) is 12.7 Å². The van der Waals surface area contributed by atoms with Crippen LogP contribution in [0.25, 0.3) is 10.6 Å². The van der Waals surface area contributed by atoms with Crippen LogP contribution in [0.5, 0.6) is 0 Å². The molecule has 4 aromatic rings. The van der Waals surface area contributed by atoms with E-state index in [-0.39, 0.29) is 12.1 Å². The van der Waals surface area contributed by atoms with E-state index in [1.54, 1.807) is 11.3 Å². The van der Waals surface area contributed by atoms with Gasteiger partial charge in [-0.1, -0.05) is 48.5 Å². The summed E-state index contributed by atoms with van der Waals surface area (Å²) in [5, 5.41) is 13.4. The predicted molar refractivity (Wildman–Crippen MR) is 111 cm³/mol. The number of aromatic nitrogens is 2. The fraction of sp³-hybridized carbons (Fsp3) is 0.0909. The molecule has 6 heteroatoms. The molecule has 0 saturated heterocycles. The Morgan fingerprint density at radius 1 is 0.964 bits per heavy atom. The molecular formula is C22H18N4OS. The molecule has 2 aromatic heterocycles. The number of para-hydroxylation sites is 1. The van der Waals surface area contributed by atoms with Crippen molar-refractivity contribution < 1.29 is 4.79 Å². The molecule has 138 valence electrons. The van der Waals surface area contributed by atoms with Crippen molar-refractivity contribution in [2.75, 3.05) is 5.32 Å². The Kier molecular flexibility index (Phi) is 4.18. The third kappa shape index (κ3) is 3.08. The fourth-order valence-electron chi connectivity index (χ4n) is 3.47. The van der Waals surface area contributed by atoms with E-state index >= 15 is 0 Å². The summed E-state index contributed by atoms with van der Waals surface area (Å²) < 4.78 is 1.94. The maximum atomic E-state index is 12.6. The highest BCUT2D eigenvalue weighted by atomic mass is 32.1. The SMILES string of the molecule is O=C1N[C@@H](c2cn(Cc3ccccc3)nc2-c2cccs2)Nc2ccccc21. The quantitative estimate of drug-likeness (QED) is 0.542. The number of nitrogens with one attached hydrogen (secondary N) is 2. The lowest BCUT2D eigenvalue weighted by Crippen LogP contribution is -2.38. The minimum Gasteiger partial charge on any atom is -0.361 e. The van der Waals surface area contributed by atoms with Crippen molar-refractivity contribution in [1.29, 1.82) is 0 Å². The van der Waals surface area contributed by atoms with Gasteiger partial charge in [0, 0.05) is 17.4 Å². The van der Waals surface area contributed by atoms with Gasteiger partial charge in [-0.3, -0.25) is 9.48 Å². The number of rotatable bonds is 4. The van der Waals surface area contributed by atoms with Crippen LogP contribution in [0.1, 0.15) is 27.7 Å². The molecule has 5 nitrogen and oxygen atoms in total. The van der Waals surface area contributed by atoms with Crippen LogP contribution >= 0.6 is 11.3 Å². The van der Waals surface area contributed by atoms with Gasteiger partial charge in [0.05, 0.1) is 17.0 Å². The molecule has 5 rings (SSSR count). The lowest BCUT2D eigenvalue weighted by atomic mass is 10.1. The van der Waals surface area contributed by atoms with Crippen LogP contribution in [0.3, 0.4) is 0 Å². The Labute approximate surface area is 166 Å². The van der Waals surface area contributed by atoms with E-state index in [1.807, 2.05) is 64.8 Å². The number of fused-ring (bicyclic) bond motifs is 1. The summed E-state index contributed by atoms with van der Waals surface area (Å²) in [7, 11) is 0. The zero-order valence-corrected chi connectivity index (χ0v) is 15.8. The Morgan fingerprint density at radius 3 is 2.61 bits per heavy atom. The van der Waals surface area contributed by atoms with Crippen molar-refractivity contribution in [3.8, 4) is 10.6 Å². The Balaban J connectivity index is 1.54. The van der Waals surface area contributed by atoms with E-state index in [0.29, 0.717) is 12.1 Å². The van der Waals surface area contributed by atoms with E-state index < -0.39 is 0 Å². The van der Waals surface area contributed by atoms with Gasteiger partial charge < -0.3 is 10.6 Å². The molecule has 0 saturated carbocycles. The van der Waals surface area contributed by atoms with Crippen LogP contribution in [0.4, 0.5) is 5.69 Å². The molecule has 0 fully saturated rings. The third-order valence-corrected chi connectivity index (χ3v) is 5.67. The van der Waals surface area contributed by atoms with Gasteiger partial charge in [0.25, 0.3) is 5.91 Å². The number of anilines is 1. The number of nitrogens with zero attached hydrogens (tertiary/aromatic N) is 2. The summed E-state index contributed by atoms with van der Waals surface area (Å²) in [5.41, 5.74) is 4.53. The predicted octanol–water partition coefficient (Wildman–Crippen LogP) is 4.51. The topological polar surface area (TPSA) is 59.0 Å². The van der Waals surface area contributed by atoms with Crippen LogP contribution in [0, 0.1) is 0 Å². The van der Waals surface area contributed by atoms with Crippen molar-refractivity contribution in [3.63, 3.8) is 0 Å². The first-order chi connectivity index (χ1) is 13.8. The molecule has 1 aliphatic rings. The number of amides is 1. The molecule has 1 aliphatic heterocycles. The molecule has 1 amide bonds. The van der Waals surface area contributed by atoms with Gasteiger partial charge in [0.1, 0.15) is 11.9 Å². The molecule has 28 heavy (non-hydrogen) atoms. The van der Waals surface area contributed by atoms with Gasteiger partial charge in [-0.05, 0) is 29.1 Å². The normalized spacial score (nSPS) is 15.6. The average molecular weight is 386 g/mol. The van der Waals surface area contributed by atoms with E-state index in [2.05, 4.69) is 28.8 Å². The summed E-state index contributed by atoms with van der Waals surface area (Å²) in [6.07, 6.45) is 1.69. The molecular weight excluding hydrogens is 368 g/mol. The van der Waals surface area contributed by atoms with Gasteiger partial charge in [-0.15, -0.1) is 11.3 Å². The molecule has 2 aromatic carbocycles. The van der Waals surface area contributed by atoms with Crippen LogP contribution in [0.15, 0.2) is 78.3 Å². The second-order valence-electron chi connectivity index (χ2n) is 6.69. The molecule has 0 bridgehead atoms. The monoisotopic (exact) mass is 386 g/mol. The second kappa shape index (κ2) is 6.98. The molecule has 1 atom stereocenters. The van der Waals surface area contributed by atoms with Gasteiger partial charge in [-0.25, -0.2) is 0 Å². The average Bonchev–Trinajstić information content (AvgIpc) is 3.38. The maximum absolute atomic E-state index is 12.6. The van der Waals surface area contributed by atoms with Crippen LogP contribution < -0.4 is 10.6 Å². The summed E-state index contributed by atoms with van der Waals surface area (Å²) in [6, 6.07) is 21.9. The standard InChI is InChI=1S/C22H18N4OS/c27-22-16-9-4-5-10-18(16)23-21(24-22)17-14-26(13-15-7-2-1-3-8-15)25-20(17)19-11-6-12-28-19/h1-12,14,21,23H,13H2,(H,24,27)/t21-/m0/s1. The van der Waals surface area contributed by atoms with E-state index in [1.165, 1.54) is 5.56 Å². The summed E-state index contributed by atoms with van der Waals surface area (Å²) in [4.78, 5) is 13.7. The smallest absolute Gasteiger partial charge is 0.255 e. The first-order valence-electron chi connectivity index (χ1n) is 9.09. The first kappa shape index (κ1) is 16.8. The molecule has 0 unspecified atom stereocenters. The lowest BCUT2D eigenvalue weighted by molar-refractivity contribution is 0.0936. The Hall–Kier alpha value is -3.38. The van der Waals surface area contributed by atoms with Crippen LogP contribution in [-0.2, 0) is 6.54 Å². The van der Waals surface area contributed by atoms with E-state index in [9.17, 15) is 4.79 Å². The minimum absolute atomic E-state index is 0.0766. The van der Waals surface area contributed by atoms with Gasteiger partial charge in [0.2, 0.25) is 0 Å². The fourth-order valence-corrected chi connectivity index (χ4v) is 4.20. The summed E-state index contributed by atoms with van der Waals surface area (Å²) in [5.74, 6) is -0.0766. The number of benzene rings is 2. The molecule has 0 spiro atoms. The number of thiophene rings is 1. The first-order valence-corrected chi connectivity index (χ1v) is 9.97. The molecule has 2 N–H and O–H groups in total. The Morgan fingerprint density at radius 2 is 1.79 bits per heavy atom. The van der Waals surface area contributed by atoms with Gasteiger partial charge in [0.15, 0.2) is 0 Å². The number of hydrogen-bond donors (Lipinski definition) is 2. The highest BCUT2D eigenvalue weighted by Gasteiger charge is 2.28. The van der Waals surface area contributed by atoms with Crippen molar-refractivity contribution in [1.82, 2.24) is 15.1 Å². The van der Waals surface area contributed by atoms with Crippen molar-refractivity contribution >= 4 is 22.9 Å². The molecule has 0 radical (unpaired) electrons. The number of carbonyl (C=O) groups is 1. The maximum Gasteiger partial charge on any atom is 0.255 e. The highest BCUT2D eigenvalue weighted by Crippen LogP contribution is 2.34. The van der Waals surface area contributed by atoms with Crippen LogP contribution in [-0.4, -0.2) is 15.7 Å². The van der Waals surface area contributed by atoms with E-state index in [4.69, 9.17) is 5.10 Å². The van der Waals surface area contributed by atoms with Gasteiger partial charge in [-0.2, -0.15) is 5.10 Å². The lowest BCUT2D eigenvalue weighted by Gasteiger charge is -2.27. The number of hydrogen-bond acceptors (Lipinski definition) is 4. The third-order valence-electron chi connectivity index (χ3n) is 4.79. The molecule has 3 heterocycles. The van der Waals surface area contributed by atoms with E-state index in [0.717, 1.165) is 21.8 Å². The molecule has 0 aliphatic carbocycles. The largest absolute Gasteiger partial charge is 0.361 e. The Bertz CT molecular complexity index is 1120. The zero-order chi connectivity index (χ0) is 18.9. The second-order valence-corrected chi connectivity index (χ2v) is 7.64. The number of carbonyl (C=O) groups excluding carboxylic acids is 1. The minimum atomic E-state index is -0.330. The zero-order valence-electron chi connectivity index (χ0n) is 15.0.